The van der Waals surface area contributed by atoms with Crippen molar-refractivity contribution in [2.24, 2.45) is 0 Å². The zero-order valence-corrected chi connectivity index (χ0v) is 13.0. The van der Waals surface area contributed by atoms with Gasteiger partial charge in [-0.3, -0.25) is 4.79 Å². The van der Waals surface area contributed by atoms with E-state index in [1.54, 1.807) is 0 Å². The summed E-state index contributed by atoms with van der Waals surface area (Å²) in [4.78, 5) is 11.7. The van der Waals surface area contributed by atoms with Crippen LogP contribution >= 0.6 is 11.6 Å². The molecule has 0 spiro atoms. The monoisotopic (exact) mass is 334 g/mol. The maximum absolute atomic E-state index is 13.1. The van der Waals surface area contributed by atoms with Gasteiger partial charge < -0.3 is 5.32 Å². The van der Waals surface area contributed by atoms with E-state index in [0.717, 1.165) is 28.9 Å². The van der Waals surface area contributed by atoms with E-state index < -0.39 is 21.9 Å². The van der Waals surface area contributed by atoms with Crippen molar-refractivity contribution in [3.05, 3.63) is 29.0 Å². The standard InChI is InChI=1S/C13H16ClFN2O3S/c1-16-13(18)11-4-2-3-7-17(11)21(19,20)12-6-5-9(15)8-10(12)14/h5-6,8,11H,2-4,7H2,1H3,(H,16,18)/t11-/m0/s1. The Morgan fingerprint density at radius 1 is 1.43 bits per heavy atom. The number of nitrogens with one attached hydrogen (secondary N) is 1. The minimum atomic E-state index is -3.94. The molecule has 1 aromatic rings. The number of nitrogens with zero attached hydrogens (tertiary/aromatic N) is 1. The highest BCUT2D eigenvalue weighted by atomic mass is 35.5. The summed E-state index contributed by atoms with van der Waals surface area (Å²) in [6.45, 7) is 0.244. The smallest absolute Gasteiger partial charge is 0.245 e. The van der Waals surface area contributed by atoms with Gasteiger partial charge in [-0.2, -0.15) is 4.31 Å². The molecule has 1 aliphatic heterocycles. The summed E-state index contributed by atoms with van der Waals surface area (Å²) in [5, 5.41) is 2.29. The van der Waals surface area contributed by atoms with Crippen molar-refractivity contribution in [1.82, 2.24) is 9.62 Å². The maximum Gasteiger partial charge on any atom is 0.245 e. The van der Waals surface area contributed by atoms with Crippen molar-refractivity contribution in [3.8, 4) is 0 Å². The number of carbonyl (C=O) groups is 1. The summed E-state index contributed by atoms with van der Waals surface area (Å²) in [5.74, 6) is -0.961. The molecular weight excluding hydrogens is 319 g/mol. The fourth-order valence-electron chi connectivity index (χ4n) is 2.43. The minimum absolute atomic E-state index is 0.179. The second-order valence-electron chi connectivity index (χ2n) is 4.82. The van der Waals surface area contributed by atoms with Gasteiger partial charge in [0.2, 0.25) is 15.9 Å². The fourth-order valence-corrected chi connectivity index (χ4v) is 4.60. The van der Waals surface area contributed by atoms with Crippen LogP contribution in [0.4, 0.5) is 4.39 Å². The number of carbonyl (C=O) groups excluding carboxylic acids is 1. The quantitative estimate of drug-likeness (QED) is 0.916. The van der Waals surface area contributed by atoms with Crippen molar-refractivity contribution in [3.63, 3.8) is 0 Å². The molecular formula is C13H16ClFN2O3S. The minimum Gasteiger partial charge on any atom is -0.358 e. The summed E-state index contributed by atoms with van der Waals surface area (Å²) >= 11 is 5.85. The van der Waals surface area contributed by atoms with Crippen LogP contribution in [0.1, 0.15) is 19.3 Å². The SMILES string of the molecule is CNC(=O)[C@@H]1CCCCN1S(=O)(=O)c1ccc(F)cc1Cl. The molecule has 1 atom stereocenters. The topological polar surface area (TPSA) is 66.5 Å². The lowest BCUT2D eigenvalue weighted by molar-refractivity contribution is -0.125. The highest BCUT2D eigenvalue weighted by Crippen LogP contribution is 2.30. The molecule has 1 saturated heterocycles. The lowest BCUT2D eigenvalue weighted by Gasteiger charge is -2.33. The van der Waals surface area contributed by atoms with Crippen LogP contribution in [0.5, 0.6) is 0 Å². The van der Waals surface area contributed by atoms with E-state index in [9.17, 15) is 17.6 Å². The average Bonchev–Trinajstić information content (AvgIpc) is 2.46. The number of amides is 1. The Bertz CT molecular complexity index is 651. The first kappa shape index (κ1) is 16.2. The second-order valence-corrected chi connectivity index (χ2v) is 7.08. The number of sulfonamides is 1. The van der Waals surface area contributed by atoms with Gasteiger partial charge in [0.05, 0.1) is 5.02 Å². The highest BCUT2D eigenvalue weighted by Gasteiger charge is 2.38. The Morgan fingerprint density at radius 2 is 2.14 bits per heavy atom. The van der Waals surface area contributed by atoms with Gasteiger partial charge in [0.15, 0.2) is 0 Å². The lowest BCUT2D eigenvalue weighted by Crippen LogP contribution is -2.51. The van der Waals surface area contributed by atoms with Gasteiger partial charge >= 0.3 is 0 Å². The fraction of sp³-hybridized carbons (Fsp3) is 0.462. The predicted molar refractivity (Wildman–Crippen MR) is 77.0 cm³/mol. The Hall–Kier alpha value is -1.18. The maximum atomic E-state index is 13.1. The first-order valence-corrected chi connectivity index (χ1v) is 8.38. The Morgan fingerprint density at radius 3 is 2.76 bits per heavy atom. The number of piperidine rings is 1. The summed E-state index contributed by atoms with van der Waals surface area (Å²) < 4.78 is 39.6. The van der Waals surface area contributed by atoms with Crippen LogP contribution in [-0.2, 0) is 14.8 Å². The Balaban J connectivity index is 2.43. The van der Waals surface area contributed by atoms with E-state index >= 15 is 0 Å². The van der Waals surface area contributed by atoms with E-state index in [0.29, 0.717) is 12.8 Å². The summed E-state index contributed by atoms with van der Waals surface area (Å²) in [5.41, 5.74) is 0. The molecule has 116 valence electrons. The Labute approximate surface area is 128 Å². The van der Waals surface area contributed by atoms with Crippen LogP contribution in [0, 0.1) is 5.82 Å². The van der Waals surface area contributed by atoms with E-state index in [2.05, 4.69) is 5.32 Å². The molecule has 0 bridgehead atoms. The van der Waals surface area contributed by atoms with Gasteiger partial charge in [-0.1, -0.05) is 18.0 Å². The van der Waals surface area contributed by atoms with Crippen molar-refractivity contribution < 1.29 is 17.6 Å². The number of likely N-dealkylation sites (N-methyl/N-ethyl adjacent to an activating group) is 1. The molecule has 0 saturated carbocycles. The molecule has 1 aliphatic rings. The van der Waals surface area contributed by atoms with Gasteiger partial charge in [0.1, 0.15) is 16.8 Å². The zero-order valence-electron chi connectivity index (χ0n) is 11.5. The van der Waals surface area contributed by atoms with Crippen molar-refractivity contribution in [2.45, 2.75) is 30.2 Å². The van der Waals surface area contributed by atoms with Crippen LogP contribution in [-0.4, -0.2) is 38.3 Å². The molecule has 0 radical (unpaired) electrons. The third-order valence-corrected chi connectivity index (χ3v) is 5.87. The van der Waals surface area contributed by atoms with Crippen LogP contribution in [0.3, 0.4) is 0 Å². The Kier molecular flexibility index (Phi) is 4.85. The van der Waals surface area contributed by atoms with Crippen LogP contribution in [0.15, 0.2) is 23.1 Å². The molecule has 0 aliphatic carbocycles. The first-order valence-electron chi connectivity index (χ1n) is 6.56. The third kappa shape index (κ3) is 3.20. The van der Waals surface area contributed by atoms with Gasteiger partial charge in [-0.05, 0) is 31.0 Å². The van der Waals surface area contributed by atoms with E-state index in [4.69, 9.17) is 11.6 Å². The van der Waals surface area contributed by atoms with Crippen molar-refractivity contribution in [2.75, 3.05) is 13.6 Å². The zero-order chi connectivity index (χ0) is 15.6. The van der Waals surface area contributed by atoms with Crippen molar-refractivity contribution >= 4 is 27.5 Å². The molecule has 1 fully saturated rings. The lowest BCUT2D eigenvalue weighted by atomic mass is 10.0. The summed E-state index contributed by atoms with van der Waals surface area (Å²) in [7, 11) is -2.47. The molecule has 1 heterocycles. The van der Waals surface area contributed by atoms with Crippen molar-refractivity contribution in [1.29, 1.82) is 0 Å². The largest absolute Gasteiger partial charge is 0.358 e. The molecule has 0 unspecified atom stereocenters. The van der Waals surface area contributed by atoms with Gasteiger partial charge in [0.25, 0.3) is 0 Å². The van der Waals surface area contributed by atoms with Gasteiger partial charge in [-0.15, -0.1) is 0 Å². The van der Waals surface area contributed by atoms with E-state index in [-0.39, 0.29) is 22.4 Å². The third-order valence-electron chi connectivity index (χ3n) is 3.48. The van der Waals surface area contributed by atoms with Gasteiger partial charge in [-0.25, -0.2) is 12.8 Å². The van der Waals surface area contributed by atoms with Crippen LogP contribution in [0.2, 0.25) is 5.02 Å². The normalized spacial score (nSPS) is 20.2. The molecule has 1 aromatic carbocycles. The predicted octanol–water partition coefficient (Wildman–Crippen LogP) is 1.77. The molecule has 5 nitrogen and oxygen atoms in total. The number of rotatable bonds is 3. The molecule has 0 aromatic heterocycles. The highest BCUT2D eigenvalue weighted by molar-refractivity contribution is 7.89. The first-order chi connectivity index (χ1) is 9.87. The van der Waals surface area contributed by atoms with E-state index in [1.165, 1.54) is 7.05 Å². The van der Waals surface area contributed by atoms with E-state index in [1.807, 2.05) is 0 Å². The van der Waals surface area contributed by atoms with Crippen LogP contribution < -0.4 is 5.32 Å². The second kappa shape index (κ2) is 6.29. The molecule has 2 rings (SSSR count). The number of halogens is 2. The number of hydrogen-bond donors (Lipinski definition) is 1. The van der Waals surface area contributed by atoms with Crippen LogP contribution in [0.25, 0.3) is 0 Å². The molecule has 21 heavy (non-hydrogen) atoms. The molecule has 8 heteroatoms. The summed E-state index contributed by atoms with van der Waals surface area (Å²) in [6, 6.07) is 2.36. The molecule has 1 N–H and O–H groups in total. The number of benzene rings is 1. The molecule has 1 amide bonds. The van der Waals surface area contributed by atoms with Gasteiger partial charge in [0, 0.05) is 13.6 Å². The average molecular weight is 335 g/mol. The number of hydrogen-bond acceptors (Lipinski definition) is 3. The summed E-state index contributed by atoms with van der Waals surface area (Å²) in [6.07, 6.45) is 1.91.